The summed E-state index contributed by atoms with van der Waals surface area (Å²) in [6, 6.07) is 4.06. The fourth-order valence-corrected chi connectivity index (χ4v) is 3.83. The molecule has 1 N–H and O–H groups in total. The van der Waals surface area contributed by atoms with Crippen molar-refractivity contribution in [2.75, 3.05) is 17.1 Å². The van der Waals surface area contributed by atoms with Crippen LogP contribution in [0.4, 0.5) is 11.4 Å². The predicted molar refractivity (Wildman–Crippen MR) is 102 cm³/mol. The van der Waals surface area contributed by atoms with Crippen LogP contribution in [0.5, 0.6) is 0 Å². The number of benzene rings is 1. The van der Waals surface area contributed by atoms with Gasteiger partial charge in [-0.05, 0) is 24.8 Å². The van der Waals surface area contributed by atoms with Crippen LogP contribution < -0.4 is 9.62 Å². The van der Waals surface area contributed by atoms with Gasteiger partial charge in [0.1, 0.15) is 6.54 Å². The van der Waals surface area contributed by atoms with Gasteiger partial charge in [0.05, 0.1) is 22.4 Å². The number of carbonyl (C=O) groups excluding carboxylic acids is 1. The minimum absolute atomic E-state index is 0.102. The second kappa shape index (κ2) is 8.48. The van der Waals surface area contributed by atoms with E-state index in [2.05, 4.69) is 5.32 Å². The Labute approximate surface area is 154 Å². The summed E-state index contributed by atoms with van der Waals surface area (Å²) in [5.74, 6) is -0.0795. The van der Waals surface area contributed by atoms with E-state index in [0.29, 0.717) is 0 Å². The lowest BCUT2D eigenvalue weighted by molar-refractivity contribution is -0.385. The van der Waals surface area contributed by atoms with E-state index in [1.807, 2.05) is 27.7 Å². The number of nitrogens with zero attached hydrogens (tertiary/aromatic N) is 2. The zero-order valence-corrected chi connectivity index (χ0v) is 16.8. The normalized spacial score (nSPS) is 11.9. The van der Waals surface area contributed by atoms with Crippen molar-refractivity contribution in [3.63, 3.8) is 0 Å². The van der Waals surface area contributed by atoms with Crippen molar-refractivity contribution in [1.82, 2.24) is 5.32 Å². The molecule has 0 radical (unpaired) electrons. The van der Waals surface area contributed by atoms with Crippen LogP contribution in [-0.2, 0) is 14.8 Å². The van der Waals surface area contributed by atoms with Crippen LogP contribution in [0.25, 0.3) is 0 Å². The average molecular weight is 385 g/mol. The highest BCUT2D eigenvalue weighted by Gasteiger charge is 2.27. The number of amides is 1. The molecular weight excluding hydrogens is 358 g/mol. The molecule has 0 saturated carbocycles. The van der Waals surface area contributed by atoms with Gasteiger partial charge in [-0.3, -0.25) is 19.2 Å². The highest BCUT2D eigenvalue weighted by molar-refractivity contribution is 7.92. The summed E-state index contributed by atoms with van der Waals surface area (Å²) in [4.78, 5) is 23.0. The zero-order valence-electron chi connectivity index (χ0n) is 16.0. The molecule has 0 fully saturated rings. The Morgan fingerprint density at radius 2 is 1.77 bits per heavy atom. The van der Waals surface area contributed by atoms with Crippen LogP contribution in [0.3, 0.4) is 0 Å². The summed E-state index contributed by atoms with van der Waals surface area (Å²) in [7, 11) is -3.80. The van der Waals surface area contributed by atoms with Gasteiger partial charge in [-0.15, -0.1) is 0 Å². The summed E-state index contributed by atoms with van der Waals surface area (Å²) in [6.45, 7) is 8.94. The number of nitro benzene ring substituents is 1. The van der Waals surface area contributed by atoms with Gasteiger partial charge in [0, 0.05) is 12.1 Å². The van der Waals surface area contributed by atoms with Crippen molar-refractivity contribution < 1.29 is 18.1 Å². The molecule has 0 spiro atoms. The molecular formula is C17H27N3O5S. The lowest BCUT2D eigenvalue weighted by Crippen LogP contribution is -2.47. The van der Waals surface area contributed by atoms with Crippen molar-refractivity contribution in [3.05, 3.63) is 33.9 Å². The first kappa shape index (κ1) is 21.9. The number of hydrogen-bond acceptors (Lipinski definition) is 5. The third kappa shape index (κ3) is 5.42. The van der Waals surface area contributed by atoms with E-state index in [1.165, 1.54) is 25.1 Å². The second-order valence-corrected chi connectivity index (χ2v) is 8.94. The minimum Gasteiger partial charge on any atom is -0.351 e. The Hall–Kier alpha value is -2.16. The van der Waals surface area contributed by atoms with Crippen LogP contribution in [0, 0.1) is 28.9 Å². The van der Waals surface area contributed by atoms with Crippen LogP contribution in [0.2, 0.25) is 0 Å². The van der Waals surface area contributed by atoms with E-state index in [0.717, 1.165) is 10.6 Å². The molecule has 0 aliphatic heterocycles. The maximum absolute atomic E-state index is 12.5. The molecule has 0 bridgehead atoms. The molecule has 0 aliphatic rings. The number of nitrogens with one attached hydrogen (secondary N) is 1. The maximum Gasteiger partial charge on any atom is 0.274 e. The van der Waals surface area contributed by atoms with Gasteiger partial charge >= 0.3 is 0 Å². The number of hydrogen-bond donors (Lipinski definition) is 1. The summed E-state index contributed by atoms with van der Waals surface area (Å²) in [5.41, 5.74) is 0.126. The second-order valence-electron chi connectivity index (χ2n) is 7.03. The van der Waals surface area contributed by atoms with E-state index in [4.69, 9.17) is 0 Å². The number of carbonyl (C=O) groups is 1. The van der Waals surface area contributed by atoms with Crippen LogP contribution in [0.1, 0.15) is 33.3 Å². The molecule has 1 amide bonds. The average Bonchev–Trinajstić information content (AvgIpc) is 2.48. The molecule has 0 atom stereocenters. The molecule has 0 aliphatic carbocycles. The van der Waals surface area contributed by atoms with Gasteiger partial charge in [0.25, 0.3) is 5.69 Å². The van der Waals surface area contributed by atoms with Crippen LogP contribution >= 0.6 is 0 Å². The topological polar surface area (TPSA) is 110 Å². The molecule has 8 nitrogen and oxygen atoms in total. The van der Waals surface area contributed by atoms with E-state index in [1.54, 1.807) is 0 Å². The Bertz CT molecular complexity index is 767. The van der Waals surface area contributed by atoms with Gasteiger partial charge in [-0.2, -0.15) is 0 Å². The van der Waals surface area contributed by atoms with Crippen LogP contribution in [-0.4, -0.2) is 38.1 Å². The number of anilines is 1. The van der Waals surface area contributed by atoms with Crippen molar-refractivity contribution in [3.8, 4) is 0 Å². The quantitative estimate of drug-likeness (QED) is 0.546. The monoisotopic (exact) mass is 385 g/mol. The van der Waals surface area contributed by atoms with Crippen molar-refractivity contribution in [2.24, 2.45) is 11.8 Å². The molecule has 26 heavy (non-hydrogen) atoms. The fraction of sp³-hybridized carbons (Fsp3) is 0.588. The Balaban J connectivity index is 3.21. The molecule has 1 rings (SSSR count). The smallest absolute Gasteiger partial charge is 0.274 e. The summed E-state index contributed by atoms with van der Waals surface area (Å²) >= 11 is 0. The highest BCUT2D eigenvalue weighted by Crippen LogP contribution is 2.29. The summed E-state index contributed by atoms with van der Waals surface area (Å²) < 4.78 is 25.4. The van der Waals surface area contributed by atoms with Crippen molar-refractivity contribution in [1.29, 1.82) is 0 Å². The summed E-state index contributed by atoms with van der Waals surface area (Å²) in [6.07, 6.45) is 0.973. The van der Waals surface area contributed by atoms with Crippen molar-refractivity contribution in [2.45, 2.75) is 40.7 Å². The summed E-state index contributed by atoms with van der Waals surface area (Å²) in [5, 5.41) is 14.0. The number of sulfonamides is 1. The van der Waals surface area contributed by atoms with Crippen LogP contribution in [0.15, 0.2) is 18.2 Å². The third-order valence-electron chi connectivity index (χ3n) is 4.19. The zero-order chi connectivity index (χ0) is 20.2. The molecule has 0 unspecified atom stereocenters. The standard InChI is InChI=1S/C17H27N3O5S/c1-11(2)17(12(3)4)18-16(21)10-19(26(6,24)25)14-8-7-9-15(13(14)5)20(22)23/h7-9,11-12,17H,10H2,1-6H3,(H,18,21). The van der Waals surface area contributed by atoms with E-state index in [9.17, 15) is 23.3 Å². The maximum atomic E-state index is 12.5. The van der Waals surface area contributed by atoms with E-state index < -0.39 is 27.4 Å². The molecule has 1 aromatic carbocycles. The highest BCUT2D eigenvalue weighted by atomic mass is 32.2. The molecule has 9 heteroatoms. The van der Waals surface area contributed by atoms with E-state index >= 15 is 0 Å². The van der Waals surface area contributed by atoms with Gasteiger partial charge in [0.15, 0.2) is 0 Å². The fourth-order valence-electron chi connectivity index (χ4n) is 2.93. The van der Waals surface area contributed by atoms with Gasteiger partial charge < -0.3 is 5.32 Å². The number of rotatable bonds is 8. The predicted octanol–water partition coefficient (Wildman–Crippen LogP) is 2.47. The lowest BCUT2D eigenvalue weighted by atomic mass is 9.93. The van der Waals surface area contributed by atoms with Gasteiger partial charge in [-0.25, -0.2) is 8.42 Å². The minimum atomic E-state index is -3.80. The Kier molecular flexibility index (Phi) is 7.14. The number of nitro groups is 1. The first-order valence-electron chi connectivity index (χ1n) is 8.37. The lowest BCUT2D eigenvalue weighted by Gasteiger charge is -2.28. The molecule has 0 aromatic heterocycles. The molecule has 0 saturated heterocycles. The van der Waals surface area contributed by atoms with Gasteiger partial charge in [-0.1, -0.05) is 33.8 Å². The Morgan fingerprint density at radius 3 is 2.19 bits per heavy atom. The van der Waals surface area contributed by atoms with E-state index in [-0.39, 0.29) is 34.8 Å². The molecule has 1 aromatic rings. The Morgan fingerprint density at radius 1 is 1.23 bits per heavy atom. The SMILES string of the molecule is Cc1c(N(CC(=O)NC(C(C)C)C(C)C)S(C)(=O)=O)cccc1[N+](=O)[O-]. The largest absolute Gasteiger partial charge is 0.351 e. The third-order valence-corrected chi connectivity index (χ3v) is 5.32. The van der Waals surface area contributed by atoms with Crippen molar-refractivity contribution >= 4 is 27.3 Å². The first-order chi connectivity index (χ1) is 11.9. The van der Waals surface area contributed by atoms with Gasteiger partial charge in [0.2, 0.25) is 15.9 Å². The molecule has 0 heterocycles. The molecule has 146 valence electrons. The first-order valence-corrected chi connectivity index (χ1v) is 10.2.